The minimum absolute atomic E-state index is 0.226. The van der Waals surface area contributed by atoms with E-state index in [1.807, 2.05) is 61.5 Å². The molecule has 0 saturated carbocycles. The van der Waals surface area contributed by atoms with Crippen molar-refractivity contribution in [3.63, 3.8) is 0 Å². The molecule has 184 valence electrons. The predicted octanol–water partition coefficient (Wildman–Crippen LogP) is 5.25. The highest BCUT2D eigenvalue weighted by Crippen LogP contribution is 2.33. The fourth-order valence-corrected chi connectivity index (χ4v) is 4.17. The predicted molar refractivity (Wildman–Crippen MR) is 145 cm³/mol. The van der Waals surface area contributed by atoms with Crippen molar-refractivity contribution in [1.29, 1.82) is 0 Å². The quantitative estimate of drug-likeness (QED) is 0.218. The molecule has 5 aromatic rings. The number of nitrogens with one attached hydrogen (secondary N) is 1. The highest BCUT2D eigenvalue weighted by atomic mass is 79.9. The maximum atomic E-state index is 12.7. The van der Waals surface area contributed by atoms with Gasteiger partial charge in [0.1, 0.15) is 17.6 Å². The summed E-state index contributed by atoms with van der Waals surface area (Å²) in [6.45, 7) is 1.61. The van der Waals surface area contributed by atoms with E-state index in [4.69, 9.17) is 9.15 Å². The largest absolute Gasteiger partial charge is 0.483 e. The first-order valence-corrected chi connectivity index (χ1v) is 12.1. The number of benzene rings is 3. The summed E-state index contributed by atoms with van der Waals surface area (Å²) in [7, 11) is 0. The van der Waals surface area contributed by atoms with Gasteiger partial charge in [0.25, 0.3) is 5.91 Å². The number of fused-ring (bicyclic) bond motifs is 1. The number of amides is 1. The number of ether oxygens (including phenoxy) is 1. The summed E-state index contributed by atoms with van der Waals surface area (Å²) in [4.78, 5) is 25.1. The van der Waals surface area contributed by atoms with Crippen LogP contribution in [0.5, 0.6) is 5.75 Å². The van der Waals surface area contributed by atoms with Crippen molar-refractivity contribution in [2.75, 3.05) is 6.61 Å². The summed E-state index contributed by atoms with van der Waals surface area (Å²) in [6.07, 6.45) is 4.28. The van der Waals surface area contributed by atoms with Crippen molar-refractivity contribution in [3.05, 3.63) is 111 Å². The molecule has 5 rings (SSSR count). The molecule has 8 nitrogen and oxygen atoms in total. The van der Waals surface area contributed by atoms with Gasteiger partial charge < -0.3 is 9.15 Å². The fraction of sp³-hybridized carbons (Fsp3) is 0.0714. The second kappa shape index (κ2) is 10.6. The number of carbonyl (C=O) groups excluding carboxylic acids is 1. The summed E-state index contributed by atoms with van der Waals surface area (Å²) < 4.78 is 14.0. The molecule has 9 heteroatoms. The molecule has 37 heavy (non-hydrogen) atoms. The number of aromatic nitrogens is 2. The third-order valence-electron chi connectivity index (χ3n) is 5.57. The number of hydrogen-bond donors (Lipinski definition) is 1. The number of para-hydroxylation sites is 1. The average Bonchev–Trinajstić information content (AvgIpc) is 3.40. The lowest BCUT2D eigenvalue weighted by Gasteiger charge is -2.13. The molecule has 0 aliphatic heterocycles. The van der Waals surface area contributed by atoms with Crippen LogP contribution in [0.15, 0.2) is 104 Å². The van der Waals surface area contributed by atoms with Crippen molar-refractivity contribution in [2.24, 2.45) is 5.10 Å². The van der Waals surface area contributed by atoms with Gasteiger partial charge in [0.2, 0.25) is 5.43 Å². The maximum Gasteiger partial charge on any atom is 0.277 e. The lowest BCUT2D eigenvalue weighted by atomic mass is 10.1. The molecule has 3 aromatic carbocycles. The first kappa shape index (κ1) is 24.2. The van der Waals surface area contributed by atoms with Gasteiger partial charge in [0.15, 0.2) is 6.61 Å². The van der Waals surface area contributed by atoms with Crippen LogP contribution in [0.2, 0.25) is 0 Å². The molecule has 0 spiro atoms. The van der Waals surface area contributed by atoms with Crippen molar-refractivity contribution in [1.82, 2.24) is 15.2 Å². The zero-order chi connectivity index (χ0) is 25.8. The Morgan fingerprint density at radius 2 is 1.97 bits per heavy atom. The van der Waals surface area contributed by atoms with Crippen LogP contribution in [0.3, 0.4) is 0 Å². The van der Waals surface area contributed by atoms with Crippen molar-refractivity contribution in [3.8, 4) is 22.7 Å². The van der Waals surface area contributed by atoms with E-state index in [0.717, 1.165) is 27.0 Å². The highest BCUT2D eigenvalue weighted by Gasteiger charge is 2.15. The Bertz CT molecular complexity index is 1680. The van der Waals surface area contributed by atoms with E-state index in [2.05, 4.69) is 31.6 Å². The molecular formula is C28H21BrN4O4. The van der Waals surface area contributed by atoms with Crippen LogP contribution in [0.1, 0.15) is 11.1 Å². The van der Waals surface area contributed by atoms with Crippen molar-refractivity contribution < 1.29 is 13.9 Å². The van der Waals surface area contributed by atoms with Crippen LogP contribution < -0.4 is 15.6 Å². The Morgan fingerprint density at radius 3 is 2.81 bits per heavy atom. The Morgan fingerprint density at radius 1 is 1.14 bits per heavy atom. The second-order valence-electron chi connectivity index (χ2n) is 8.21. The molecule has 0 bridgehead atoms. The van der Waals surface area contributed by atoms with Crippen LogP contribution in [-0.4, -0.2) is 28.5 Å². The van der Waals surface area contributed by atoms with Gasteiger partial charge in [0.05, 0.1) is 34.7 Å². The molecule has 0 fully saturated rings. The Labute approximate surface area is 220 Å². The van der Waals surface area contributed by atoms with E-state index in [-0.39, 0.29) is 17.6 Å². The number of nitrogens with zero attached hydrogens (tertiary/aromatic N) is 3. The SMILES string of the molecule is Cc1ccc2occ(/C=N/NC(=O)COc3ccc(Br)cc3-c3ccnn3-c3ccccc3)c(=O)c2c1. The molecule has 0 aliphatic rings. The number of aryl methyl sites for hydroxylation is 1. The van der Waals surface area contributed by atoms with Crippen LogP contribution in [0.4, 0.5) is 0 Å². The van der Waals surface area contributed by atoms with Crippen LogP contribution in [-0.2, 0) is 4.79 Å². The van der Waals surface area contributed by atoms with Gasteiger partial charge in [-0.1, -0.05) is 45.8 Å². The number of hydrogen-bond acceptors (Lipinski definition) is 6. The minimum atomic E-state index is -0.484. The third kappa shape index (κ3) is 5.36. The molecule has 0 aliphatic carbocycles. The molecule has 0 atom stereocenters. The highest BCUT2D eigenvalue weighted by molar-refractivity contribution is 9.10. The van der Waals surface area contributed by atoms with Crippen LogP contribution in [0, 0.1) is 6.92 Å². The van der Waals surface area contributed by atoms with Gasteiger partial charge in [-0.2, -0.15) is 10.2 Å². The molecule has 0 saturated heterocycles. The van der Waals surface area contributed by atoms with E-state index in [1.165, 1.54) is 12.5 Å². The summed E-state index contributed by atoms with van der Waals surface area (Å²) in [5, 5.41) is 8.80. The average molecular weight is 557 g/mol. The monoisotopic (exact) mass is 556 g/mol. The lowest BCUT2D eigenvalue weighted by molar-refractivity contribution is -0.123. The number of rotatable bonds is 7. The molecule has 1 amide bonds. The summed E-state index contributed by atoms with van der Waals surface area (Å²) in [5.74, 6) is 0.0215. The fourth-order valence-electron chi connectivity index (χ4n) is 3.81. The molecule has 2 aromatic heterocycles. The minimum Gasteiger partial charge on any atom is -0.483 e. The first-order valence-electron chi connectivity index (χ1n) is 11.4. The van der Waals surface area contributed by atoms with E-state index < -0.39 is 5.91 Å². The smallest absolute Gasteiger partial charge is 0.277 e. The van der Waals surface area contributed by atoms with Gasteiger partial charge in [-0.15, -0.1) is 0 Å². The standard InChI is InChI=1S/C28H21BrN4O4/c1-18-7-9-26-23(13-18)28(35)19(16-36-26)15-30-32-27(34)17-37-25-10-8-20(29)14-22(25)24-11-12-31-33(24)21-5-3-2-4-6-21/h2-16H,17H2,1H3,(H,32,34)/b30-15+. The zero-order valence-corrected chi connectivity index (χ0v) is 21.3. The number of halogens is 1. The first-order chi connectivity index (χ1) is 18.0. The Kier molecular flexibility index (Phi) is 6.96. The van der Waals surface area contributed by atoms with Crippen molar-refractivity contribution in [2.45, 2.75) is 6.92 Å². The Hall–Kier alpha value is -4.50. The number of carbonyl (C=O) groups is 1. The zero-order valence-electron chi connectivity index (χ0n) is 19.7. The third-order valence-corrected chi connectivity index (χ3v) is 6.06. The molecule has 1 N–H and O–H groups in total. The van der Waals surface area contributed by atoms with Gasteiger partial charge >= 0.3 is 0 Å². The van der Waals surface area contributed by atoms with E-state index >= 15 is 0 Å². The van der Waals surface area contributed by atoms with Gasteiger partial charge in [-0.3, -0.25) is 9.59 Å². The molecular weight excluding hydrogens is 536 g/mol. The lowest BCUT2D eigenvalue weighted by Crippen LogP contribution is -2.25. The summed E-state index contributed by atoms with van der Waals surface area (Å²) in [6, 6.07) is 22.5. The second-order valence-corrected chi connectivity index (χ2v) is 9.12. The number of hydrazone groups is 1. The summed E-state index contributed by atoms with van der Waals surface area (Å²) >= 11 is 3.51. The van der Waals surface area contributed by atoms with E-state index in [0.29, 0.717) is 16.7 Å². The maximum absolute atomic E-state index is 12.7. The Balaban J connectivity index is 1.30. The molecule has 0 unspecified atom stereocenters. The molecule has 2 heterocycles. The molecule has 0 radical (unpaired) electrons. The van der Waals surface area contributed by atoms with Gasteiger partial charge in [-0.05, 0) is 55.5 Å². The van der Waals surface area contributed by atoms with E-state index in [1.54, 1.807) is 29.1 Å². The normalized spacial score (nSPS) is 11.2. The summed E-state index contributed by atoms with van der Waals surface area (Å²) in [5.41, 5.74) is 6.28. The van der Waals surface area contributed by atoms with Gasteiger partial charge in [-0.25, -0.2) is 10.1 Å². The topological polar surface area (TPSA) is 98.7 Å². The van der Waals surface area contributed by atoms with Crippen molar-refractivity contribution >= 4 is 39.0 Å². The van der Waals surface area contributed by atoms with Crippen LogP contribution >= 0.6 is 15.9 Å². The van der Waals surface area contributed by atoms with Crippen LogP contribution in [0.25, 0.3) is 27.9 Å². The van der Waals surface area contributed by atoms with E-state index in [9.17, 15) is 9.59 Å². The van der Waals surface area contributed by atoms with Gasteiger partial charge in [0, 0.05) is 10.0 Å².